The Bertz CT molecular complexity index is 115. The average molecular weight is 286 g/mol. The van der Waals surface area contributed by atoms with Gasteiger partial charge in [-0.05, 0) is 18.3 Å². The van der Waals surface area contributed by atoms with Crippen LogP contribution in [0.2, 0.25) is 0 Å². The quantitative estimate of drug-likeness (QED) is 0.787. The zero-order valence-electron chi connectivity index (χ0n) is 8.25. The summed E-state index contributed by atoms with van der Waals surface area (Å²) in [5, 5.41) is 9.71. The predicted octanol–water partition coefficient (Wildman–Crippen LogP) is 2.78. The van der Waals surface area contributed by atoms with E-state index in [0.29, 0.717) is 5.92 Å². The fraction of sp³-hybridized carbons (Fsp3) is 1.00. The Labute approximate surface area is 89.4 Å². The summed E-state index contributed by atoms with van der Waals surface area (Å²) in [6.45, 7) is 8.28. The predicted molar refractivity (Wildman–Crippen MR) is 59.2 cm³/mol. The molecule has 0 amide bonds. The second-order valence-electron chi connectivity index (χ2n) is 3.99. The van der Waals surface area contributed by atoms with Crippen LogP contribution in [-0.2, 0) is 3.07 Å². The van der Waals surface area contributed by atoms with Crippen LogP contribution in [0.3, 0.4) is 0 Å². The summed E-state index contributed by atoms with van der Waals surface area (Å²) >= 11 is 1.87. The first-order chi connectivity index (χ1) is 5.49. The summed E-state index contributed by atoms with van der Waals surface area (Å²) < 4.78 is 5.20. The summed E-state index contributed by atoms with van der Waals surface area (Å²) in [6, 6.07) is 0. The molecule has 0 aromatic heterocycles. The third-order valence-electron chi connectivity index (χ3n) is 1.88. The van der Waals surface area contributed by atoms with Gasteiger partial charge in [0.15, 0.2) is 0 Å². The average Bonchev–Trinajstić information content (AvgIpc) is 1.98. The molecular formula is C9H19IO2. The molecular weight excluding hydrogens is 267 g/mol. The Balaban J connectivity index is 3.96. The van der Waals surface area contributed by atoms with Crippen molar-refractivity contribution in [3.05, 3.63) is 0 Å². The zero-order valence-corrected chi connectivity index (χ0v) is 10.4. The lowest BCUT2D eigenvalue weighted by atomic mass is 9.95. The minimum Gasteiger partial charge on any atom is -0.390 e. The highest BCUT2D eigenvalue weighted by Gasteiger charge is 2.23. The maximum atomic E-state index is 9.71. The van der Waals surface area contributed by atoms with E-state index in [2.05, 4.69) is 13.8 Å². The van der Waals surface area contributed by atoms with E-state index in [1.807, 2.05) is 36.9 Å². The SMILES string of the molecule is CC(C)CC(OI)C(O)C(C)C. The number of aliphatic hydroxyl groups is 1. The summed E-state index contributed by atoms with van der Waals surface area (Å²) in [5.41, 5.74) is 0. The van der Waals surface area contributed by atoms with Crippen LogP contribution in [0.15, 0.2) is 0 Å². The van der Waals surface area contributed by atoms with Crippen molar-refractivity contribution in [2.24, 2.45) is 11.8 Å². The van der Waals surface area contributed by atoms with Crippen molar-refractivity contribution >= 4 is 23.0 Å². The van der Waals surface area contributed by atoms with Gasteiger partial charge in [-0.25, -0.2) is 0 Å². The second-order valence-corrected chi connectivity index (χ2v) is 4.50. The molecule has 0 aromatic rings. The number of halogens is 1. The normalized spacial score (nSPS) is 17.0. The first-order valence-electron chi connectivity index (χ1n) is 4.44. The highest BCUT2D eigenvalue weighted by molar-refractivity contribution is 14.1. The molecule has 0 aliphatic carbocycles. The summed E-state index contributed by atoms with van der Waals surface area (Å²) in [5.74, 6) is 0.835. The Morgan fingerprint density at radius 1 is 1.25 bits per heavy atom. The molecule has 12 heavy (non-hydrogen) atoms. The molecule has 0 saturated carbocycles. The zero-order chi connectivity index (χ0) is 9.72. The maximum Gasteiger partial charge on any atom is 0.110 e. The van der Waals surface area contributed by atoms with Crippen molar-refractivity contribution in [2.45, 2.75) is 46.3 Å². The monoisotopic (exact) mass is 286 g/mol. The third-order valence-corrected chi connectivity index (χ3v) is 2.54. The first-order valence-corrected chi connectivity index (χ1v) is 5.32. The molecule has 2 atom stereocenters. The van der Waals surface area contributed by atoms with Crippen molar-refractivity contribution < 1.29 is 8.17 Å². The largest absolute Gasteiger partial charge is 0.390 e. The van der Waals surface area contributed by atoms with Gasteiger partial charge in [-0.2, -0.15) is 0 Å². The van der Waals surface area contributed by atoms with Crippen LogP contribution in [0.1, 0.15) is 34.1 Å². The molecule has 0 rings (SSSR count). The topological polar surface area (TPSA) is 29.5 Å². The Hall–Kier alpha value is 0.650. The van der Waals surface area contributed by atoms with Crippen LogP contribution in [0.25, 0.3) is 0 Å². The van der Waals surface area contributed by atoms with Crippen LogP contribution >= 0.6 is 23.0 Å². The van der Waals surface area contributed by atoms with E-state index in [1.54, 1.807) is 0 Å². The van der Waals surface area contributed by atoms with Gasteiger partial charge in [0.1, 0.15) is 23.0 Å². The molecule has 3 heteroatoms. The molecule has 0 radical (unpaired) electrons. The molecule has 0 fully saturated rings. The summed E-state index contributed by atoms with van der Waals surface area (Å²) in [6.07, 6.45) is 0.553. The van der Waals surface area contributed by atoms with E-state index >= 15 is 0 Å². The highest BCUT2D eigenvalue weighted by Crippen LogP contribution is 2.19. The lowest BCUT2D eigenvalue weighted by molar-refractivity contribution is 0.0184. The van der Waals surface area contributed by atoms with Crippen molar-refractivity contribution in [3.8, 4) is 0 Å². The van der Waals surface area contributed by atoms with Gasteiger partial charge in [-0.1, -0.05) is 27.7 Å². The molecule has 0 spiro atoms. The molecule has 74 valence electrons. The second kappa shape index (κ2) is 6.16. The standard InChI is InChI=1S/C9H19IO2/c1-6(2)5-8(12-10)9(11)7(3)4/h6-9,11H,5H2,1-4H3. The van der Waals surface area contributed by atoms with Gasteiger partial charge >= 0.3 is 0 Å². The van der Waals surface area contributed by atoms with Crippen molar-refractivity contribution in [2.75, 3.05) is 0 Å². The lowest BCUT2D eigenvalue weighted by Crippen LogP contribution is -2.32. The van der Waals surface area contributed by atoms with E-state index in [1.165, 1.54) is 0 Å². The molecule has 2 unspecified atom stereocenters. The van der Waals surface area contributed by atoms with Crippen molar-refractivity contribution in [1.82, 2.24) is 0 Å². The van der Waals surface area contributed by atoms with Gasteiger partial charge in [0, 0.05) is 0 Å². The van der Waals surface area contributed by atoms with E-state index in [-0.39, 0.29) is 18.1 Å². The molecule has 2 nitrogen and oxygen atoms in total. The fourth-order valence-electron chi connectivity index (χ4n) is 1.12. The fourth-order valence-corrected chi connectivity index (χ4v) is 1.63. The molecule has 0 heterocycles. The maximum absolute atomic E-state index is 9.71. The smallest absolute Gasteiger partial charge is 0.110 e. The van der Waals surface area contributed by atoms with Gasteiger partial charge in [-0.3, -0.25) is 0 Å². The van der Waals surface area contributed by atoms with Crippen molar-refractivity contribution in [1.29, 1.82) is 0 Å². The van der Waals surface area contributed by atoms with Gasteiger partial charge < -0.3 is 8.17 Å². The Kier molecular flexibility index (Phi) is 6.49. The molecule has 0 bridgehead atoms. The van der Waals surface area contributed by atoms with E-state index in [9.17, 15) is 5.11 Å². The minimum absolute atomic E-state index is 0.0226. The Morgan fingerprint density at radius 3 is 2.00 bits per heavy atom. The summed E-state index contributed by atoms with van der Waals surface area (Å²) in [7, 11) is 0. The van der Waals surface area contributed by atoms with Crippen LogP contribution in [0.5, 0.6) is 0 Å². The Morgan fingerprint density at radius 2 is 1.75 bits per heavy atom. The minimum atomic E-state index is -0.343. The van der Waals surface area contributed by atoms with Crippen LogP contribution < -0.4 is 0 Å². The van der Waals surface area contributed by atoms with E-state index in [4.69, 9.17) is 3.07 Å². The number of hydrogen-bond donors (Lipinski definition) is 1. The van der Waals surface area contributed by atoms with Crippen LogP contribution in [0.4, 0.5) is 0 Å². The number of rotatable bonds is 5. The van der Waals surface area contributed by atoms with Gasteiger partial charge in [0.05, 0.1) is 12.2 Å². The van der Waals surface area contributed by atoms with E-state index < -0.39 is 0 Å². The van der Waals surface area contributed by atoms with Gasteiger partial charge in [-0.15, -0.1) is 0 Å². The molecule has 0 aromatic carbocycles. The van der Waals surface area contributed by atoms with Gasteiger partial charge in [0.2, 0.25) is 0 Å². The highest BCUT2D eigenvalue weighted by atomic mass is 127. The third kappa shape index (κ3) is 4.62. The summed E-state index contributed by atoms with van der Waals surface area (Å²) in [4.78, 5) is 0. The number of hydrogen-bond acceptors (Lipinski definition) is 2. The molecule has 0 aliphatic heterocycles. The molecule has 0 saturated heterocycles. The van der Waals surface area contributed by atoms with Crippen LogP contribution in [-0.4, -0.2) is 17.3 Å². The van der Waals surface area contributed by atoms with Crippen LogP contribution in [0, 0.1) is 11.8 Å². The van der Waals surface area contributed by atoms with E-state index in [0.717, 1.165) is 6.42 Å². The first kappa shape index (κ1) is 12.7. The van der Waals surface area contributed by atoms with Gasteiger partial charge in [0.25, 0.3) is 0 Å². The molecule has 1 N–H and O–H groups in total. The molecule has 0 aliphatic rings. The number of aliphatic hydroxyl groups excluding tert-OH is 1. The van der Waals surface area contributed by atoms with Crippen molar-refractivity contribution in [3.63, 3.8) is 0 Å². The lowest BCUT2D eigenvalue weighted by Gasteiger charge is -2.24.